The highest BCUT2D eigenvalue weighted by molar-refractivity contribution is 6.09. The van der Waals surface area contributed by atoms with E-state index in [-0.39, 0.29) is 12.1 Å². The van der Waals surface area contributed by atoms with E-state index in [2.05, 4.69) is 118 Å². The SMILES string of the molecule is c1ccc2c(c1)OC1C2c2cc3oc4ccccc4c3cc2N1c1ccc(-c2c3ccccc3n3c2cnc2ccccc23)cc1. The molecule has 0 N–H and O–H groups in total. The summed E-state index contributed by atoms with van der Waals surface area (Å²) >= 11 is 0. The Labute approximate surface area is 263 Å². The summed E-state index contributed by atoms with van der Waals surface area (Å²) < 4.78 is 15.4. The lowest BCUT2D eigenvalue weighted by Gasteiger charge is -2.27. The lowest BCUT2D eigenvalue weighted by molar-refractivity contribution is 0.234. The number of anilines is 2. The van der Waals surface area contributed by atoms with Crippen LogP contribution in [0, 0.1) is 0 Å². The van der Waals surface area contributed by atoms with Crippen LogP contribution in [-0.4, -0.2) is 15.6 Å². The third-order valence-corrected chi connectivity index (χ3v) is 9.96. The first kappa shape index (κ1) is 24.3. The van der Waals surface area contributed by atoms with E-state index in [1.54, 1.807) is 0 Å². The first-order chi connectivity index (χ1) is 22.8. The fourth-order valence-electron chi connectivity index (χ4n) is 8.00. The Kier molecular flexibility index (Phi) is 4.63. The molecule has 2 unspecified atom stereocenters. The minimum absolute atomic E-state index is 0.0854. The maximum absolute atomic E-state index is 6.71. The van der Waals surface area contributed by atoms with Gasteiger partial charge < -0.3 is 18.5 Å². The van der Waals surface area contributed by atoms with Gasteiger partial charge in [0.05, 0.1) is 34.2 Å². The Morgan fingerprint density at radius 3 is 2.26 bits per heavy atom. The second-order valence-corrected chi connectivity index (χ2v) is 12.3. The number of ether oxygens (including phenoxy) is 1. The number of aromatic nitrogens is 2. The van der Waals surface area contributed by atoms with Crippen LogP contribution < -0.4 is 9.64 Å². The van der Waals surface area contributed by atoms with Crippen molar-refractivity contribution in [3.8, 4) is 16.9 Å². The second kappa shape index (κ2) is 8.77. The first-order valence-corrected chi connectivity index (χ1v) is 15.7. The van der Waals surface area contributed by atoms with Crippen molar-refractivity contribution >= 4 is 60.8 Å². The zero-order valence-corrected chi connectivity index (χ0v) is 24.6. The van der Waals surface area contributed by atoms with Crippen molar-refractivity contribution in [3.63, 3.8) is 0 Å². The summed E-state index contributed by atoms with van der Waals surface area (Å²) in [7, 11) is 0. The molecule has 0 amide bonds. The van der Waals surface area contributed by atoms with E-state index < -0.39 is 0 Å². The van der Waals surface area contributed by atoms with E-state index in [4.69, 9.17) is 14.1 Å². The van der Waals surface area contributed by atoms with E-state index in [1.165, 1.54) is 27.6 Å². The summed E-state index contributed by atoms with van der Waals surface area (Å²) in [5, 5.41) is 3.46. The smallest absolute Gasteiger partial charge is 0.187 e. The molecular formula is C41H25N3O2. The molecule has 0 fully saturated rings. The Morgan fingerprint density at radius 1 is 0.587 bits per heavy atom. The van der Waals surface area contributed by atoms with Gasteiger partial charge in [-0.2, -0.15) is 0 Å². The summed E-state index contributed by atoms with van der Waals surface area (Å²) in [6.07, 6.45) is 1.83. The maximum Gasteiger partial charge on any atom is 0.187 e. The molecule has 9 aromatic rings. The molecule has 2 aliphatic heterocycles. The van der Waals surface area contributed by atoms with Gasteiger partial charge >= 0.3 is 0 Å². The van der Waals surface area contributed by atoms with E-state index in [0.717, 1.165) is 61.2 Å². The molecule has 6 aromatic carbocycles. The van der Waals surface area contributed by atoms with Crippen LogP contribution in [0.1, 0.15) is 17.0 Å². The number of rotatable bonds is 2. The molecule has 0 spiro atoms. The highest BCUT2D eigenvalue weighted by atomic mass is 16.5. The van der Waals surface area contributed by atoms with E-state index in [0.29, 0.717) is 0 Å². The predicted octanol–water partition coefficient (Wildman–Crippen LogP) is 10.2. The molecular weight excluding hydrogens is 566 g/mol. The Morgan fingerprint density at radius 2 is 1.35 bits per heavy atom. The number of nitrogens with zero attached hydrogens (tertiary/aromatic N) is 3. The summed E-state index contributed by atoms with van der Waals surface area (Å²) in [6, 6.07) is 47.2. The Hall–Kier alpha value is -6.07. The molecule has 5 nitrogen and oxygen atoms in total. The number of para-hydroxylation sites is 5. The van der Waals surface area contributed by atoms with Crippen LogP contribution in [-0.2, 0) is 0 Å². The lowest BCUT2D eigenvalue weighted by Crippen LogP contribution is -2.32. The quantitative estimate of drug-likeness (QED) is 0.201. The predicted molar refractivity (Wildman–Crippen MR) is 184 cm³/mol. The summed E-state index contributed by atoms with van der Waals surface area (Å²) in [5.41, 5.74) is 13.2. The van der Waals surface area contributed by atoms with Crippen molar-refractivity contribution in [1.82, 2.24) is 9.38 Å². The number of furan rings is 1. The van der Waals surface area contributed by atoms with Crippen molar-refractivity contribution in [2.24, 2.45) is 0 Å². The van der Waals surface area contributed by atoms with Gasteiger partial charge in [0, 0.05) is 38.7 Å². The maximum atomic E-state index is 6.71. The Bertz CT molecular complexity index is 2700. The highest BCUT2D eigenvalue weighted by Gasteiger charge is 2.47. The molecule has 0 aliphatic carbocycles. The molecule has 3 aromatic heterocycles. The minimum atomic E-state index is -0.178. The first-order valence-electron chi connectivity index (χ1n) is 15.7. The molecule has 2 aliphatic rings. The largest absolute Gasteiger partial charge is 0.469 e. The van der Waals surface area contributed by atoms with Gasteiger partial charge in [-0.05, 0) is 65.7 Å². The number of hydrogen-bond acceptors (Lipinski definition) is 4. The van der Waals surface area contributed by atoms with E-state index in [1.807, 2.05) is 30.5 Å². The van der Waals surface area contributed by atoms with E-state index >= 15 is 0 Å². The van der Waals surface area contributed by atoms with Gasteiger partial charge in [-0.25, -0.2) is 0 Å². The topological polar surface area (TPSA) is 42.9 Å². The molecule has 5 heteroatoms. The number of fused-ring (bicyclic) bond motifs is 13. The van der Waals surface area contributed by atoms with Crippen molar-refractivity contribution in [3.05, 3.63) is 151 Å². The van der Waals surface area contributed by atoms with Crippen LogP contribution in [0.5, 0.6) is 5.75 Å². The standard InChI is InChI=1S/C41H25N3O2/c1-5-13-32-27(10-1)39(35-23-42-31-12-4-6-14-33(31)44(32)35)24-17-19-25(20-18-24)43-34-21-29-26-9-2-7-15-36(26)45-38(29)22-30(34)40-28-11-3-8-16-37(28)46-41(40)43/h1-23,40-41H. The van der Waals surface area contributed by atoms with Crippen LogP contribution in [0.25, 0.3) is 60.5 Å². The summed E-state index contributed by atoms with van der Waals surface area (Å²) in [6.45, 7) is 0. The molecule has 2 atom stereocenters. The van der Waals surface area contributed by atoms with Crippen molar-refractivity contribution in [2.45, 2.75) is 12.1 Å². The molecule has 0 saturated carbocycles. The van der Waals surface area contributed by atoms with Crippen LogP contribution in [0.15, 0.2) is 144 Å². The fourth-order valence-corrected chi connectivity index (χ4v) is 8.00. The number of hydrogen-bond donors (Lipinski definition) is 0. The molecule has 46 heavy (non-hydrogen) atoms. The summed E-state index contributed by atoms with van der Waals surface area (Å²) in [5.74, 6) is 1.03. The van der Waals surface area contributed by atoms with Crippen LogP contribution in [0.3, 0.4) is 0 Å². The fraction of sp³-hybridized carbons (Fsp3) is 0.0488. The zero-order valence-electron chi connectivity index (χ0n) is 24.6. The van der Waals surface area contributed by atoms with Gasteiger partial charge in [0.25, 0.3) is 0 Å². The van der Waals surface area contributed by atoms with Gasteiger partial charge in [-0.15, -0.1) is 0 Å². The van der Waals surface area contributed by atoms with Gasteiger partial charge in [0.15, 0.2) is 6.23 Å². The third kappa shape index (κ3) is 3.11. The average Bonchev–Trinajstić information content (AvgIpc) is 3.84. The van der Waals surface area contributed by atoms with Gasteiger partial charge in [0.1, 0.15) is 16.9 Å². The highest BCUT2D eigenvalue weighted by Crippen LogP contribution is 2.56. The van der Waals surface area contributed by atoms with Crippen molar-refractivity contribution in [2.75, 3.05) is 4.90 Å². The van der Waals surface area contributed by atoms with Crippen LogP contribution in [0.4, 0.5) is 11.4 Å². The molecule has 0 saturated heterocycles. The molecule has 0 bridgehead atoms. The molecule has 11 rings (SSSR count). The monoisotopic (exact) mass is 591 g/mol. The molecule has 0 radical (unpaired) electrons. The lowest BCUT2D eigenvalue weighted by atomic mass is 9.92. The molecule has 5 heterocycles. The van der Waals surface area contributed by atoms with Gasteiger partial charge in [0.2, 0.25) is 0 Å². The summed E-state index contributed by atoms with van der Waals surface area (Å²) in [4.78, 5) is 7.21. The Balaban J connectivity index is 1.10. The van der Waals surface area contributed by atoms with Crippen LogP contribution in [0.2, 0.25) is 0 Å². The van der Waals surface area contributed by atoms with Crippen LogP contribution >= 0.6 is 0 Å². The van der Waals surface area contributed by atoms with E-state index in [9.17, 15) is 0 Å². The minimum Gasteiger partial charge on any atom is -0.469 e. The molecule has 216 valence electrons. The van der Waals surface area contributed by atoms with Crippen molar-refractivity contribution < 1.29 is 9.15 Å². The number of benzene rings is 6. The zero-order chi connectivity index (χ0) is 29.9. The average molecular weight is 592 g/mol. The second-order valence-electron chi connectivity index (χ2n) is 12.3. The van der Waals surface area contributed by atoms with Gasteiger partial charge in [-0.1, -0.05) is 78.9 Å². The van der Waals surface area contributed by atoms with Crippen molar-refractivity contribution in [1.29, 1.82) is 0 Å². The third-order valence-electron chi connectivity index (χ3n) is 9.96. The van der Waals surface area contributed by atoms with Gasteiger partial charge in [-0.3, -0.25) is 4.98 Å². The normalized spacial score (nSPS) is 16.8.